The van der Waals surface area contributed by atoms with E-state index in [0.29, 0.717) is 0 Å². The smallest absolute Gasteiger partial charge is 0.0758 e. The zero-order chi connectivity index (χ0) is 13.5. The number of nitrogens with zero attached hydrogens (tertiary/aromatic N) is 1. The lowest BCUT2D eigenvalue weighted by atomic mass is 10.1. The van der Waals surface area contributed by atoms with E-state index in [-0.39, 0.29) is 0 Å². The van der Waals surface area contributed by atoms with Gasteiger partial charge in [-0.15, -0.1) is 12.3 Å². The van der Waals surface area contributed by atoms with Crippen LogP contribution in [0.1, 0.15) is 24.8 Å². The Labute approximate surface area is 122 Å². The number of halogens is 1. The van der Waals surface area contributed by atoms with Gasteiger partial charge >= 0.3 is 0 Å². The van der Waals surface area contributed by atoms with Crippen LogP contribution in [0.5, 0.6) is 0 Å². The molecule has 0 spiro atoms. The second-order valence-corrected chi connectivity index (χ2v) is 5.30. The van der Waals surface area contributed by atoms with Crippen molar-refractivity contribution in [1.29, 1.82) is 0 Å². The predicted molar refractivity (Wildman–Crippen MR) is 83.8 cm³/mol. The second kappa shape index (κ2) is 7.28. The number of unbranched alkanes of at least 4 members (excludes halogenated alkanes) is 2. The highest BCUT2D eigenvalue weighted by atomic mass is 79.9. The van der Waals surface area contributed by atoms with E-state index < -0.39 is 0 Å². The molecular formula is C16H17BrN2. The number of rotatable bonds is 6. The van der Waals surface area contributed by atoms with Gasteiger partial charge in [-0.25, -0.2) is 0 Å². The molecule has 1 aromatic heterocycles. The molecule has 0 bridgehead atoms. The zero-order valence-electron chi connectivity index (χ0n) is 10.8. The third-order valence-electron chi connectivity index (χ3n) is 3.04. The largest absolute Gasteiger partial charge is 0.313 e. The van der Waals surface area contributed by atoms with Gasteiger partial charge in [-0.2, -0.15) is 0 Å². The van der Waals surface area contributed by atoms with Crippen LogP contribution in [0.25, 0.3) is 10.9 Å². The highest BCUT2D eigenvalue weighted by molar-refractivity contribution is 9.10. The molecule has 0 fully saturated rings. The number of benzene rings is 1. The molecule has 19 heavy (non-hydrogen) atoms. The van der Waals surface area contributed by atoms with Crippen molar-refractivity contribution in [2.45, 2.75) is 25.8 Å². The highest BCUT2D eigenvalue weighted by Gasteiger charge is 2.04. The SMILES string of the molecule is C#CCCCCNCc1ccc(Br)c2cccnc12. The number of terminal acetylenes is 1. The molecule has 1 heterocycles. The third kappa shape index (κ3) is 3.79. The number of hydrogen-bond acceptors (Lipinski definition) is 2. The first-order chi connectivity index (χ1) is 9.33. The monoisotopic (exact) mass is 316 g/mol. The molecular weight excluding hydrogens is 300 g/mol. The summed E-state index contributed by atoms with van der Waals surface area (Å²) in [5, 5.41) is 4.61. The summed E-state index contributed by atoms with van der Waals surface area (Å²) in [6.07, 6.45) is 10.1. The zero-order valence-corrected chi connectivity index (χ0v) is 12.4. The molecule has 0 amide bonds. The molecule has 0 saturated heterocycles. The lowest BCUT2D eigenvalue weighted by Crippen LogP contribution is -2.15. The molecule has 2 aromatic rings. The molecule has 2 nitrogen and oxygen atoms in total. The first-order valence-corrected chi connectivity index (χ1v) is 7.28. The topological polar surface area (TPSA) is 24.9 Å². The Morgan fingerprint density at radius 1 is 1.26 bits per heavy atom. The van der Waals surface area contributed by atoms with E-state index in [1.165, 1.54) is 5.56 Å². The van der Waals surface area contributed by atoms with Crippen molar-refractivity contribution in [3.63, 3.8) is 0 Å². The lowest BCUT2D eigenvalue weighted by molar-refractivity contribution is 0.631. The first kappa shape index (κ1) is 14.0. The van der Waals surface area contributed by atoms with Gasteiger partial charge in [0.15, 0.2) is 0 Å². The summed E-state index contributed by atoms with van der Waals surface area (Å²) in [6.45, 7) is 1.84. The van der Waals surface area contributed by atoms with Gasteiger partial charge in [0.1, 0.15) is 0 Å². The molecule has 3 heteroatoms. The summed E-state index contributed by atoms with van der Waals surface area (Å²) in [5.41, 5.74) is 2.30. The first-order valence-electron chi connectivity index (χ1n) is 6.49. The van der Waals surface area contributed by atoms with Crippen LogP contribution in [0.3, 0.4) is 0 Å². The van der Waals surface area contributed by atoms with Crippen LogP contribution in [0.2, 0.25) is 0 Å². The normalized spacial score (nSPS) is 10.5. The van der Waals surface area contributed by atoms with Crippen LogP contribution < -0.4 is 5.32 Å². The van der Waals surface area contributed by atoms with Crippen molar-refractivity contribution in [1.82, 2.24) is 10.3 Å². The van der Waals surface area contributed by atoms with E-state index in [0.717, 1.165) is 47.7 Å². The number of hydrogen-bond donors (Lipinski definition) is 1. The van der Waals surface area contributed by atoms with Crippen LogP contribution in [0.4, 0.5) is 0 Å². The van der Waals surface area contributed by atoms with Crippen molar-refractivity contribution >= 4 is 26.8 Å². The molecule has 0 radical (unpaired) electrons. The Hall–Kier alpha value is -1.37. The minimum Gasteiger partial charge on any atom is -0.313 e. The minimum absolute atomic E-state index is 0.844. The molecule has 98 valence electrons. The Kier molecular flexibility index (Phi) is 5.38. The summed E-state index contributed by atoms with van der Waals surface area (Å²) in [7, 11) is 0. The van der Waals surface area contributed by atoms with Crippen LogP contribution in [-0.4, -0.2) is 11.5 Å². The van der Waals surface area contributed by atoms with Crippen LogP contribution >= 0.6 is 15.9 Å². The maximum Gasteiger partial charge on any atom is 0.0758 e. The van der Waals surface area contributed by atoms with Crippen LogP contribution in [-0.2, 0) is 6.54 Å². The minimum atomic E-state index is 0.844. The summed E-state index contributed by atoms with van der Waals surface area (Å²) < 4.78 is 1.09. The molecule has 0 atom stereocenters. The number of fused-ring (bicyclic) bond motifs is 1. The quantitative estimate of drug-likeness (QED) is 0.646. The van der Waals surface area contributed by atoms with Gasteiger partial charge in [-0.05, 0) is 37.1 Å². The number of nitrogens with one attached hydrogen (secondary N) is 1. The van der Waals surface area contributed by atoms with Crippen LogP contribution in [0, 0.1) is 12.3 Å². The third-order valence-corrected chi connectivity index (χ3v) is 3.73. The number of pyridine rings is 1. The van der Waals surface area contributed by atoms with E-state index >= 15 is 0 Å². The Bertz CT molecular complexity index is 587. The highest BCUT2D eigenvalue weighted by Crippen LogP contribution is 2.24. The fourth-order valence-electron chi connectivity index (χ4n) is 2.04. The van der Waals surface area contributed by atoms with Gasteiger partial charge < -0.3 is 5.32 Å². The summed E-state index contributed by atoms with van der Waals surface area (Å²) in [5.74, 6) is 2.66. The molecule has 0 aliphatic rings. The molecule has 2 rings (SSSR count). The Morgan fingerprint density at radius 3 is 3.00 bits per heavy atom. The maximum atomic E-state index is 5.23. The molecule has 1 N–H and O–H groups in total. The fourth-order valence-corrected chi connectivity index (χ4v) is 2.49. The summed E-state index contributed by atoms with van der Waals surface area (Å²) >= 11 is 3.56. The van der Waals surface area contributed by atoms with Crippen molar-refractivity contribution in [2.24, 2.45) is 0 Å². The fraction of sp³-hybridized carbons (Fsp3) is 0.312. The van der Waals surface area contributed by atoms with Gasteiger partial charge in [0.25, 0.3) is 0 Å². The van der Waals surface area contributed by atoms with E-state index in [1.807, 2.05) is 12.3 Å². The molecule has 0 aliphatic carbocycles. The van der Waals surface area contributed by atoms with Crippen molar-refractivity contribution in [2.75, 3.05) is 6.54 Å². The lowest BCUT2D eigenvalue weighted by Gasteiger charge is -2.08. The van der Waals surface area contributed by atoms with Gasteiger partial charge in [-0.3, -0.25) is 4.98 Å². The van der Waals surface area contributed by atoms with Crippen molar-refractivity contribution in [3.8, 4) is 12.3 Å². The van der Waals surface area contributed by atoms with Crippen molar-refractivity contribution < 1.29 is 0 Å². The Morgan fingerprint density at radius 2 is 2.16 bits per heavy atom. The second-order valence-electron chi connectivity index (χ2n) is 4.44. The summed E-state index contributed by atoms with van der Waals surface area (Å²) in [6, 6.07) is 8.25. The standard InChI is InChI=1S/C16H17BrN2/c1-2-3-4-5-10-18-12-13-8-9-15(17)14-7-6-11-19-16(13)14/h1,6-9,11,18H,3-5,10,12H2. The van der Waals surface area contributed by atoms with Gasteiger partial charge in [-0.1, -0.05) is 28.1 Å². The molecule has 0 aliphatic heterocycles. The average Bonchev–Trinajstić information content (AvgIpc) is 2.45. The van der Waals surface area contributed by atoms with E-state index in [1.54, 1.807) is 0 Å². The van der Waals surface area contributed by atoms with Crippen molar-refractivity contribution in [3.05, 3.63) is 40.5 Å². The van der Waals surface area contributed by atoms with Crippen LogP contribution in [0.15, 0.2) is 34.9 Å². The molecule has 0 unspecified atom stereocenters. The average molecular weight is 317 g/mol. The number of aromatic nitrogens is 1. The molecule has 0 saturated carbocycles. The predicted octanol–water partition coefficient (Wildman–Crippen LogP) is 3.89. The van der Waals surface area contributed by atoms with Gasteiger partial charge in [0.2, 0.25) is 0 Å². The van der Waals surface area contributed by atoms with E-state index in [4.69, 9.17) is 6.42 Å². The molecule has 1 aromatic carbocycles. The maximum absolute atomic E-state index is 5.23. The summed E-state index contributed by atoms with van der Waals surface area (Å²) in [4.78, 5) is 4.47. The van der Waals surface area contributed by atoms with E-state index in [2.05, 4.69) is 50.4 Å². The van der Waals surface area contributed by atoms with Gasteiger partial charge in [0.05, 0.1) is 5.52 Å². The van der Waals surface area contributed by atoms with E-state index in [9.17, 15) is 0 Å². The Balaban J connectivity index is 1.98. The van der Waals surface area contributed by atoms with Gasteiger partial charge in [0, 0.05) is 29.0 Å².